The lowest BCUT2D eigenvalue weighted by molar-refractivity contribution is -0.118. The number of rotatable bonds is 6. The quantitative estimate of drug-likeness (QED) is 0.791. The van der Waals surface area contributed by atoms with Crippen LogP contribution in [-0.4, -0.2) is 22.4 Å². The van der Waals surface area contributed by atoms with Gasteiger partial charge < -0.3 is 5.32 Å². The van der Waals surface area contributed by atoms with E-state index in [-0.39, 0.29) is 16.6 Å². The normalized spacial score (nSPS) is 12.1. The van der Waals surface area contributed by atoms with Gasteiger partial charge >= 0.3 is 0 Å². The largest absolute Gasteiger partial charge is 0.355 e. The van der Waals surface area contributed by atoms with E-state index in [2.05, 4.69) is 5.32 Å². The SMILES string of the molecule is CCCCNC(=O)CS(=O)c1ccccc1F. The minimum absolute atomic E-state index is 0.0816. The minimum Gasteiger partial charge on any atom is -0.355 e. The van der Waals surface area contributed by atoms with Gasteiger partial charge in [-0.2, -0.15) is 0 Å². The highest BCUT2D eigenvalue weighted by Crippen LogP contribution is 2.11. The van der Waals surface area contributed by atoms with Crippen molar-refractivity contribution in [1.29, 1.82) is 0 Å². The number of unbranched alkanes of at least 4 members (excludes halogenated alkanes) is 1. The van der Waals surface area contributed by atoms with E-state index in [4.69, 9.17) is 0 Å². The lowest BCUT2D eigenvalue weighted by Gasteiger charge is -2.05. The van der Waals surface area contributed by atoms with Crippen molar-refractivity contribution in [3.8, 4) is 0 Å². The van der Waals surface area contributed by atoms with Crippen LogP contribution in [0.25, 0.3) is 0 Å². The monoisotopic (exact) mass is 257 g/mol. The molecule has 0 saturated carbocycles. The van der Waals surface area contributed by atoms with Crippen molar-refractivity contribution in [3.63, 3.8) is 0 Å². The van der Waals surface area contributed by atoms with Crippen LogP contribution < -0.4 is 5.32 Å². The van der Waals surface area contributed by atoms with Crippen molar-refractivity contribution >= 4 is 16.7 Å². The Morgan fingerprint density at radius 3 is 2.76 bits per heavy atom. The molecule has 1 rings (SSSR count). The maximum absolute atomic E-state index is 13.3. The van der Waals surface area contributed by atoms with Crippen LogP contribution in [0.1, 0.15) is 19.8 Å². The first-order valence-corrected chi connectivity index (χ1v) is 6.86. The fourth-order valence-electron chi connectivity index (χ4n) is 1.28. The van der Waals surface area contributed by atoms with Gasteiger partial charge in [0.2, 0.25) is 5.91 Å². The van der Waals surface area contributed by atoms with Crippen LogP contribution in [0.3, 0.4) is 0 Å². The summed E-state index contributed by atoms with van der Waals surface area (Å²) in [5, 5.41) is 2.65. The number of carbonyl (C=O) groups excluding carboxylic acids is 1. The van der Waals surface area contributed by atoms with Gasteiger partial charge in [-0.15, -0.1) is 0 Å². The third-order valence-corrected chi connectivity index (χ3v) is 3.54. The number of amides is 1. The zero-order valence-corrected chi connectivity index (χ0v) is 10.6. The van der Waals surface area contributed by atoms with E-state index in [9.17, 15) is 13.4 Å². The molecule has 1 atom stereocenters. The molecule has 1 aromatic carbocycles. The maximum atomic E-state index is 13.3. The zero-order valence-electron chi connectivity index (χ0n) is 9.74. The standard InChI is InChI=1S/C12H16FNO2S/c1-2-3-8-14-12(15)9-17(16)11-7-5-4-6-10(11)13/h4-7H,2-3,8-9H2,1H3,(H,14,15). The smallest absolute Gasteiger partial charge is 0.233 e. The fraction of sp³-hybridized carbons (Fsp3) is 0.417. The summed E-state index contributed by atoms with van der Waals surface area (Å²) in [5.41, 5.74) is 0. The predicted molar refractivity (Wildman–Crippen MR) is 65.6 cm³/mol. The second-order valence-corrected chi connectivity index (χ2v) is 5.04. The topological polar surface area (TPSA) is 46.2 Å². The summed E-state index contributed by atoms with van der Waals surface area (Å²) >= 11 is 0. The Bertz CT molecular complexity index is 409. The number of halogens is 1. The van der Waals surface area contributed by atoms with Crippen LogP contribution in [0.4, 0.5) is 4.39 Å². The lowest BCUT2D eigenvalue weighted by atomic mass is 10.3. The van der Waals surface area contributed by atoms with E-state index in [1.165, 1.54) is 18.2 Å². The number of benzene rings is 1. The molecule has 0 heterocycles. The highest BCUT2D eigenvalue weighted by Gasteiger charge is 2.13. The van der Waals surface area contributed by atoms with E-state index in [0.29, 0.717) is 6.54 Å². The molecule has 5 heteroatoms. The molecule has 0 fully saturated rings. The first-order valence-electron chi connectivity index (χ1n) is 5.54. The van der Waals surface area contributed by atoms with Gasteiger partial charge in [0, 0.05) is 6.54 Å². The van der Waals surface area contributed by atoms with Gasteiger partial charge in [-0.25, -0.2) is 4.39 Å². The Hall–Kier alpha value is -1.23. The molecule has 1 N–H and O–H groups in total. The molecule has 1 unspecified atom stereocenters. The lowest BCUT2D eigenvalue weighted by Crippen LogP contribution is -2.29. The molecule has 1 aromatic rings. The fourth-order valence-corrected chi connectivity index (χ4v) is 2.29. The van der Waals surface area contributed by atoms with Crippen molar-refractivity contribution in [1.82, 2.24) is 5.32 Å². The Morgan fingerprint density at radius 2 is 2.12 bits per heavy atom. The third-order valence-electron chi connectivity index (χ3n) is 2.20. The summed E-state index contributed by atoms with van der Waals surface area (Å²) in [6.07, 6.45) is 1.87. The Kier molecular flexibility index (Phi) is 5.83. The number of carbonyl (C=O) groups is 1. The van der Waals surface area contributed by atoms with Crippen molar-refractivity contribution in [2.75, 3.05) is 12.3 Å². The second kappa shape index (κ2) is 7.17. The highest BCUT2D eigenvalue weighted by atomic mass is 32.2. The highest BCUT2D eigenvalue weighted by molar-refractivity contribution is 7.85. The van der Waals surface area contributed by atoms with Crippen LogP contribution in [0.15, 0.2) is 29.2 Å². The number of hydrogen-bond donors (Lipinski definition) is 1. The second-order valence-electron chi connectivity index (χ2n) is 3.62. The van der Waals surface area contributed by atoms with E-state index >= 15 is 0 Å². The van der Waals surface area contributed by atoms with E-state index in [0.717, 1.165) is 12.8 Å². The molecular formula is C12H16FNO2S. The first kappa shape index (κ1) is 13.8. The molecule has 0 aliphatic heterocycles. The summed E-state index contributed by atoms with van der Waals surface area (Å²) in [5.74, 6) is -1.03. The minimum atomic E-state index is -1.62. The van der Waals surface area contributed by atoms with E-state index < -0.39 is 16.6 Å². The Balaban J connectivity index is 2.49. The van der Waals surface area contributed by atoms with Crippen LogP contribution in [0.2, 0.25) is 0 Å². The summed E-state index contributed by atoms with van der Waals surface area (Å²) < 4.78 is 25.0. The first-order chi connectivity index (χ1) is 8.15. The molecule has 0 aliphatic rings. The van der Waals surface area contributed by atoms with Crippen LogP contribution in [0.5, 0.6) is 0 Å². The van der Waals surface area contributed by atoms with Gasteiger partial charge in [0.15, 0.2) is 0 Å². The molecule has 94 valence electrons. The Labute approximate surface area is 103 Å². The van der Waals surface area contributed by atoms with Crippen molar-refractivity contribution < 1.29 is 13.4 Å². The summed E-state index contributed by atoms with van der Waals surface area (Å²) in [6.45, 7) is 2.59. The molecule has 0 bridgehead atoms. The molecule has 3 nitrogen and oxygen atoms in total. The molecular weight excluding hydrogens is 241 g/mol. The summed E-state index contributed by atoms with van der Waals surface area (Å²) in [6, 6.07) is 5.80. The molecule has 1 amide bonds. The van der Waals surface area contributed by atoms with Gasteiger partial charge in [0.1, 0.15) is 11.6 Å². The van der Waals surface area contributed by atoms with Crippen LogP contribution in [-0.2, 0) is 15.6 Å². The van der Waals surface area contributed by atoms with Gasteiger partial charge in [-0.05, 0) is 18.6 Å². The molecule has 0 spiro atoms. The number of nitrogens with one attached hydrogen (secondary N) is 1. The summed E-state index contributed by atoms with van der Waals surface area (Å²) in [4.78, 5) is 11.5. The van der Waals surface area contributed by atoms with Crippen LogP contribution in [0, 0.1) is 5.82 Å². The summed E-state index contributed by atoms with van der Waals surface area (Å²) in [7, 11) is -1.62. The number of hydrogen-bond acceptors (Lipinski definition) is 2. The molecule has 0 aromatic heterocycles. The van der Waals surface area contributed by atoms with E-state index in [1.54, 1.807) is 6.07 Å². The molecule has 17 heavy (non-hydrogen) atoms. The predicted octanol–water partition coefficient (Wildman–Crippen LogP) is 1.85. The maximum Gasteiger partial charge on any atom is 0.233 e. The third kappa shape index (κ3) is 4.65. The van der Waals surface area contributed by atoms with Crippen molar-refractivity contribution in [2.24, 2.45) is 0 Å². The van der Waals surface area contributed by atoms with Gasteiger partial charge in [0.05, 0.1) is 15.7 Å². The van der Waals surface area contributed by atoms with Crippen LogP contribution >= 0.6 is 0 Å². The molecule has 0 radical (unpaired) electrons. The van der Waals surface area contributed by atoms with Crippen molar-refractivity contribution in [3.05, 3.63) is 30.1 Å². The Morgan fingerprint density at radius 1 is 1.41 bits per heavy atom. The van der Waals surface area contributed by atoms with Gasteiger partial charge in [0.25, 0.3) is 0 Å². The average molecular weight is 257 g/mol. The van der Waals surface area contributed by atoms with Gasteiger partial charge in [-0.3, -0.25) is 9.00 Å². The van der Waals surface area contributed by atoms with E-state index in [1.807, 2.05) is 6.92 Å². The molecule has 0 saturated heterocycles. The van der Waals surface area contributed by atoms with Gasteiger partial charge in [-0.1, -0.05) is 25.5 Å². The average Bonchev–Trinajstić information content (AvgIpc) is 2.29. The zero-order chi connectivity index (χ0) is 12.7. The van der Waals surface area contributed by atoms with Crippen molar-refractivity contribution in [2.45, 2.75) is 24.7 Å². The molecule has 0 aliphatic carbocycles.